The summed E-state index contributed by atoms with van der Waals surface area (Å²) in [7, 11) is -3.98. The van der Waals surface area contributed by atoms with E-state index in [4.69, 9.17) is 16.3 Å². The smallest absolute Gasteiger partial charge is 0.243 e. The lowest BCUT2D eigenvalue weighted by atomic mass is 10.1. The summed E-state index contributed by atoms with van der Waals surface area (Å²) in [4.78, 5) is -0.462. The van der Waals surface area contributed by atoms with E-state index in [1.807, 2.05) is 24.3 Å². The van der Waals surface area contributed by atoms with Crippen LogP contribution in [0.25, 0.3) is 0 Å². The van der Waals surface area contributed by atoms with E-state index < -0.39 is 20.7 Å². The second kappa shape index (κ2) is 5.87. The number of rotatable bonds is 4. The van der Waals surface area contributed by atoms with Crippen molar-refractivity contribution < 1.29 is 17.5 Å². The molecule has 0 fully saturated rings. The van der Waals surface area contributed by atoms with E-state index in [0.717, 1.165) is 11.3 Å². The fourth-order valence-electron chi connectivity index (χ4n) is 2.34. The number of hydrogen-bond donors (Lipinski definition) is 1. The van der Waals surface area contributed by atoms with E-state index in [0.29, 0.717) is 6.42 Å². The largest absolute Gasteiger partial charge is 0.488 e. The predicted octanol–water partition coefficient (Wildman–Crippen LogP) is 2.76. The van der Waals surface area contributed by atoms with Crippen LogP contribution >= 0.6 is 11.6 Å². The summed E-state index contributed by atoms with van der Waals surface area (Å²) in [6, 6.07) is 11.4. The summed E-state index contributed by atoms with van der Waals surface area (Å²) < 4.78 is 46.2. The van der Waals surface area contributed by atoms with E-state index >= 15 is 0 Å². The van der Waals surface area contributed by atoms with Gasteiger partial charge >= 0.3 is 0 Å². The molecule has 1 aliphatic rings. The Morgan fingerprint density at radius 1 is 1.23 bits per heavy atom. The van der Waals surface area contributed by atoms with Crippen LogP contribution in [0.4, 0.5) is 4.39 Å². The van der Waals surface area contributed by atoms with Gasteiger partial charge in [-0.1, -0.05) is 35.9 Å². The van der Waals surface area contributed by atoms with Crippen molar-refractivity contribution in [3.8, 4) is 5.75 Å². The summed E-state index contributed by atoms with van der Waals surface area (Å²) in [5.74, 6) is -0.201. The van der Waals surface area contributed by atoms with Crippen molar-refractivity contribution >= 4 is 21.6 Å². The molecule has 0 saturated heterocycles. The molecule has 4 nitrogen and oxygen atoms in total. The van der Waals surface area contributed by atoms with Crippen molar-refractivity contribution in [3.63, 3.8) is 0 Å². The number of halogens is 2. The Morgan fingerprint density at radius 2 is 2.00 bits per heavy atom. The van der Waals surface area contributed by atoms with Gasteiger partial charge in [0.1, 0.15) is 16.7 Å². The predicted molar refractivity (Wildman–Crippen MR) is 81.2 cm³/mol. The molecule has 2 aromatic carbocycles. The number of sulfonamides is 1. The van der Waals surface area contributed by atoms with E-state index in [9.17, 15) is 12.8 Å². The Kier molecular flexibility index (Phi) is 4.08. The molecule has 1 N–H and O–H groups in total. The van der Waals surface area contributed by atoms with Crippen LogP contribution in [0, 0.1) is 5.82 Å². The summed E-state index contributed by atoms with van der Waals surface area (Å²) >= 11 is 5.62. The van der Waals surface area contributed by atoms with Gasteiger partial charge in [0.05, 0.1) is 5.02 Å². The molecule has 0 unspecified atom stereocenters. The molecule has 22 heavy (non-hydrogen) atoms. The molecule has 0 amide bonds. The monoisotopic (exact) mass is 341 g/mol. The minimum Gasteiger partial charge on any atom is -0.488 e. The first-order chi connectivity index (χ1) is 10.5. The molecule has 0 aliphatic carbocycles. The van der Waals surface area contributed by atoms with Gasteiger partial charge in [-0.05, 0) is 23.8 Å². The van der Waals surface area contributed by atoms with Crippen LogP contribution in [0.3, 0.4) is 0 Å². The van der Waals surface area contributed by atoms with Gasteiger partial charge in [0, 0.05) is 13.0 Å². The third-order valence-electron chi connectivity index (χ3n) is 3.42. The molecule has 0 bridgehead atoms. The lowest BCUT2D eigenvalue weighted by Crippen LogP contribution is -2.34. The molecular formula is C15H13ClFNO3S. The highest BCUT2D eigenvalue weighted by atomic mass is 35.5. The SMILES string of the molecule is O=S(=O)(NC[C@H]1Cc2ccccc2O1)c1cccc(Cl)c1F. The van der Waals surface area contributed by atoms with E-state index in [1.54, 1.807) is 0 Å². The van der Waals surface area contributed by atoms with Crippen LogP contribution in [-0.2, 0) is 16.4 Å². The second-order valence-corrected chi connectivity index (χ2v) is 7.10. The van der Waals surface area contributed by atoms with E-state index in [-0.39, 0.29) is 17.7 Å². The molecule has 7 heteroatoms. The van der Waals surface area contributed by atoms with Crippen LogP contribution in [0.2, 0.25) is 5.02 Å². The van der Waals surface area contributed by atoms with Crippen LogP contribution in [-0.4, -0.2) is 21.1 Å². The maximum atomic E-state index is 13.8. The van der Waals surface area contributed by atoms with Crippen molar-refractivity contribution in [2.75, 3.05) is 6.54 Å². The van der Waals surface area contributed by atoms with Crippen LogP contribution < -0.4 is 9.46 Å². The molecule has 116 valence electrons. The molecule has 0 spiro atoms. The van der Waals surface area contributed by atoms with Crippen molar-refractivity contribution in [2.45, 2.75) is 17.4 Å². The number of nitrogens with one attached hydrogen (secondary N) is 1. The maximum absolute atomic E-state index is 13.8. The molecular weight excluding hydrogens is 329 g/mol. The number of benzene rings is 2. The molecule has 3 rings (SSSR count). The highest BCUT2D eigenvalue weighted by molar-refractivity contribution is 7.89. The summed E-state index contributed by atoms with van der Waals surface area (Å²) in [6.45, 7) is 0.0585. The minimum atomic E-state index is -3.98. The first kappa shape index (κ1) is 15.3. The Morgan fingerprint density at radius 3 is 2.77 bits per heavy atom. The first-order valence-electron chi connectivity index (χ1n) is 6.65. The van der Waals surface area contributed by atoms with Crippen molar-refractivity contribution in [1.82, 2.24) is 4.72 Å². The highest BCUT2D eigenvalue weighted by Crippen LogP contribution is 2.28. The van der Waals surface area contributed by atoms with Crippen LogP contribution in [0.15, 0.2) is 47.4 Å². The van der Waals surface area contributed by atoms with Gasteiger partial charge in [0.2, 0.25) is 10.0 Å². The molecule has 2 aromatic rings. The van der Waals surface area contributed by atoms with Gasteiger partial charge in [-0.2, -0.15) is 0 Å². The van der Waals surface area contributed by atoms with Crippen LogP contribution in [0.1, 0.15) is 5.56 Å². The highest BCUT2D eigenvalue weighted by Gasteiger charge is 2.26. The van der Waals surface area contributed by atoms with E-state index in [2.05, 4.69) is 4.72 Å². The van der Waals surface area contributed by atoms with E-state index in [1.165, 1.54) is 18.2 Å². The van der Waals surface area contributed by atoms with Crippen molar-refractivity contribution in [2.24, 2.45) is 0 Å². The standard InChI is InChI=1S/C15H13ClFNO3S/c16-12-5-3-7-14(15(12)17)22(19,20)18-9-11-8-10-4-1-2-6-13(10)21-11/h1-7,11,18H,8-9H2/t11-/m1/s1. The molecule has 0 saturated carbocycles. The van der Waals surface area contributed by atoms with Gasteiger partial charge in [-0.3, -0.25) is 0 Å². The van der Waals surface area contributed by atoms with Gasteiger partial charge in [0.15, 0.2) is 5.82 Å². The lowest BCUT2D eigenvalue weighted by molar-refractivity contribution is 0.236. The molecule has 1 aliphatic heterocycles. The maximum Gasteiger partial charge on any atom is 0.243 e. The zero-order valence-corrected chi connectivity index (χ0v) is 13.0. The molecule has 0 aromatic heterocycles. The Bertz CT molecular complexity index is 785. The van der Waals surface area contributed by atoms with Gasteiger partial charge in [0.25, 0.3) is 0 Å². The Labute approximate surface area is 132 Å². The normalized spacial score (nSPS) is 17.1. The number of fused-ring (bicyclic) bond motifs is 1. The molecule has 0 radical (unpaired) electrons. The first-order valence-corrected chi connectivity index (χ1v) is 8.52. The third-order valence-corrected chi connectivity index (χ3v) is 5.15. The number of para-hydroxylation sites is 1. The minimum absolute atomic E-state index is 0.0585. The average molecular weight is 342 g/mol. The second-order valence-electron chi connectivity index (χ2n) is 4.96. The van der Waals surface area contributed by atoms with Crippen LogP contribution in [0.5, 0.6) is 5.75 Å². The molecule has 1 heterocycles. The van der Waals surface area contributed by atoms with Gasteiger partial charge < -0.3 is 4.74 Å². The van der Waals surface area contributed by atoms with Gasteiger partial charge in [-0.25, -0.2) is 17.5 Å². The third kappa shape index (κ3) is 2.95. The summed E-state index contributed by atoms with van der Waals surface area (Å²) in [5, 5.41) is -0.229. The fraction of sp³-hybridized carbons (Fsp3) is 0.200. The Hall–Kier alpha value is -1.63. The molecule has 1 atom stereocenters. The topological polar surface area (TPSA) is 55.4 Å². The average Bonchev–Trinajstić information content (AvgIpc) is 2.91. The van der Waals surface area contributed by atoms with Crippen molar-refractivity contribution in [1.29, 1.82) is 0 Å². The zero-order valence-electron chi connectivity index (χ0n) is 11.4. The summed E-state index contributed by atoms with van der Waals surface area (Å²) in [6.07, 6.45) is 0.297. The fourth-order valence-corrected chi connectivity index (χ4v) is 3.73. The van der Waals surface area contributed by atoms with Gasteiger partial charge in [-0.15, -0.1) is 0 Å². The summed E-state index contributed by atoms with van der Waals surface area (Å²) in [5.41, 5.74) is 1.03. The lowest BCUT2D eigenvalue weighted by Gasteiger charge is -2.13. The van der Waals surface area contributed by atoms with Crippen molar-refractivity contribution in [3.05, 3.63) is 58.9 Å². The quantitative estimate of drug-likeness (QED) is 0.930. The number of ether oxygens (including phenoxy) is 1. The zero-order chi connectivity index (χ0) is 15.7. The number of hydrogen-bond acceptors (Lipinski definition) is 3. The Balaban J connectivity index is 1.71.